The van der Waals surface area contributed by atoms with E-state index in [1.807, 2.05) is 12.1 Å². The molecule has 0 amide bonds. The molecule has 0 aliphatic carbocycles. The van der Waals surface area contributed by atoms with Gasteiger partial charge in [0.1, 0.15) is 0 Å². The molecule has 82 valence electrons. The molecular weight excluding hydrogens is 204 g/mol. The molecule has 0 radical (unpaired) electrons. The molecule has 3 rings (SSSR count). The molecule has 0 spiro atoms. The Hall–Kier alpha value is -1.82. The lowest BCUT2D eigenvalue weighted by molar-refractivity contribution is 0.687. The zero-order valence-electron chi connectivity index (χ0n) is 8.74. The highest BCUT2D eigenvalue weighted by atomic mass is 15.6. The van der Waals surface area contributed by atoms with Crippen LogP contribution in [0.1, 0.15) is 18.2 Å². The molecule has 1 unspecified atom stereocenters. The fourth-order valence-electron chi connectivity index (χ4n) is 1.85. The van der Waals surface area contributed by atoms with E-state index in [9.17, 15) is 0 Å². The Morgan fingerprint density at radius 3 is 2.94 bits per heavy atom. The normalized spacial score (nSPS) is 20.1. The topological polar surface area (TPSA) is 68.5 Å². The van der Waals surface area contributed by atoms with E-state index in [2.05, 4.69) is 25.7 Å². The average Bonchev–Trinajstić information content (AvgIpc) is 3.01. The molecule has 2 aromatic heterocycles. The molecule has 1 saturated heterocycles. The van der Waals surface area contributed by atoms with Crippen LogP contribution in [0.25, 0.3) is 5.69 Å². The Labute approximate surface area is 92.7 Å². The summed E-state index contributed by atoms with van der Waals surface area (Å²) in [6.07, 6.45) is 4.52. The van der Waals surface area contributed by atoms with Gasteiger partial charge in [-0.05, 0) is 30.3 Å². The van der Waals surface area contributed by atoms with Crippen molar-refractivity contribution in [3.63, 3.8) is 0 Å². The molecule has 6 heteroatoms. The van der Waals surface area contributed by atoms with E-state index in [1.165, 1.54) is 0 Å². The van der Waals surface area contributed by atoms with Gasteiger partial charge in [0.15, 0.2) is 5.82 Å². The molecule has 0 bridgehead atoms. The molecule has 1 aliphatic heterocycles. The van der Waals surface area contributed by atoms with Crippen LogP contribution in [0.2, 0.25) is 0 Å². The maximum atomic E-state index is 4.39. The Kier molecular flexibility index (Phi) is 2.34. The minimum absolute atomic E-state index is 0.399. The highest BCUT2D eigenvalue weighted by Gasteiger charge is 2.21. The van der Waals surface area contributed by atoms with Gasteiger partial charge in [0, 0.05) is 24.9 Å². The highest BCUT2D eigenvalue weighted by Crippen LogP contribution is 2.17. The predicted molar refractivity (Wildman–Crippen MR) is 57.2 cm³/mol. The van der Waals surface area contributed by atoms with E-state index in [1.54, 1.807) is 17.2 Å². The zero-order chi connectivity index (χ0) is 10.8. The second kappa shape index (κ2) is 3.97. The third kappa shape index (κ3) is 1.67. The van der Waals surface area contributed by atoms with E-state index in [0.717, 1.165) is 31.0 Å². The van der Waals surface area contributed by atoms with Crippen molar-refractivity contribution in [1.29, 1.82) is 0 Å². The van der Waals surface area contributed by atoms with Gasteiger partial charge in [-0.25, -0.2) is 0 Å². The van der Waals surface area contributed by atoms with Gasteiger partial charge in [-0.1, -0.05) is 0 Å². The molecule has 0 aromatic carbocycles. The first-order chi connectivity index (χ1) is 7.93. The average molecular weight is 216 g/mol. The lowest BCUT2D eigenvalue weighted by Gasteiger charge is -1.99. The third-order valence-corrected chi connectivity index (χ3v) is 2.75. The fraction of sp³-hybridized carbons (Fsp3) is 0.400. The maximum absolute atomic E-state index is 4.39. The molecule has 2 aromatic rings. The van der Waals surface area contributed by atoms with Crippen LogP contribution in [0.15, 0.2) is 24.5 Å². The molecule has 1 N–H and O–H groups in total. The Morgan fingerprint density at radius 2 is 2.19 bits per heavy atom. The molecule has 16 heavy (non-hydrogen) atoms. The lowest BCUT2D eigenvalue weighted by atomic mass is 10.1. The number of pyridine rings is 1. The maximum Gasteiger partial charge on any atom is 0.179 e. The van der Waals surface area contributed by atoms with Crippen LogP contribution < -0.4 is 5.32 Å². The van der Waals surface area contributed by atoms with E-state index in [4.69, 9.17) is 0 Å². The third-order valence-electron chi connectivity index (χ3n) is 2.75. The van der Waals surface area contributed by atoms with Gasteiger partial charge >= 0.3 is 0 Å². The standard InChI is InChI=1S/C10H12N6/c1-4-12-7-8(1)10-13-15-16(14-10)9-2-5-11-6-3-9/h2-3,5-6,8,12H,1,4,7H2. The SMILES string of the molecule is c1cc(-n2nnc(C3CCNC3)n2)ccn1. The molecule has 1 atom stereocenters. The fourth-order valence-corrected chi connectivity index (χ4v) is 1.85. The van der Waals surface area contributed by atoms with Crippen LogP contribution in [0, 0.1) is 0 Å². The summed E-state index contributed by atoms with van der Waals surface area (Å²) in [5, 5.41) is 15.8. The first-order valence-electron chi connectivity index (χ1n) is 5.34. The molecule has 0 saturated carbocycles. The minimum Gasteiger partial charge on any atom is -0.316 e. The summed E-state index contributed by atoms with van der Waals surface area (Å²) < 4.78 is 0. The van der Waals surface area contributed by atoms with Gasteiger partial charge < -0.3 is 5.32 Å². The number of hydrogen-bond donors (Lipinski definition) is 1. The number of aromatic nitrogens is 5. The Balaban J connectivity index is 1.87. The Morgan fingerprint density at radius 1 is 1.31 bits per heavy atom. The smallest absolute Gasteiger partial charge is 0.179 e. The number of tetrazole rings is 1. The van der Waals surface area contributed by atoms with Gasteiger partial charge in [0.2, 0.25) is 0 Å². The lowest BCUT2D eigenvalue weighted by Crippen LogP contribution is -2.09. The van der Waals surface area contributed by atoms with Crippen molar-refractivity contribution in [2.45, 2.75) is 12.3 Å². The summed E-state index contributed by atoms with van der Waals surface area (Å²) in [6, 6.07) is 3.72. The van der Waals surface area contributed by atoms with Crippen molar-refractivity contribution in [1.82, 2.24) is 30.5 Å². The van der Waals surface area contributed by atoms with E-state index in [-0.39, 0.29) is 0 Å². The van der Waals surface area contributed by atoms with Gasteiger partial charge in [0.05, 0.1) is 5.69 Å². The highest BCUT2D eigenvalue weighted by molar-refractivity contribution is 5.25. The van der Waals surface area contributed by atoms with Crippen LogP contribution in [0.4, 0.5) is 0 Å². The zero-order valence-corrected chi connectivity index (χ0v) is 8.74. The summed E-state index contributed by atoms with van der Waals surface area (Å²) >= 11 is 0. The molecule has 6 nitrogen and oxygen atoms in total. The van der Waals surface area contributed by atoms with Crippen LogP contribution in [0.3, 0.4) is 0 Å². The Bertz CT molecular complexity index is 459. The van der Waals surface area contributed by atoms with Gasteiger partial charge in [0.25, 0.3) is 0 Å². The minimum atomic E-state index is 0.399. The summed E-state index contributed by atoms with van der Waals surface area (Å²) in [4.78, 5) is 5.51. The summed E-state index contributed by atoms with van der Waals surface area (Å²) in [5.74, 6) is 1.22. The second-order valence-corrected chi connectivity index (χ2v) is 3.83. The van der Waals surface area contributed by atoms with Crippen LogP contribution in [-0.2, 0) is 0 Å². The second-order valence-electron chi connectivity index (χ2n) is 3.83. The van der Waals surface area contributed by atoms with Crippen LogP contribution in [-0.4, -0.2) is 38.3 Å². The van der Waals surface area contributed by atoms with Crippen molar-refractivity contribution in [3.8, 4) is 5.69 Å². The number of hydrogen-bond acceptors (Lipinski definition) is 5. The summed E-state index contributed by atoms with van der Waals surface area (Å²) in [6.45, 7) is 1.98. The van der Waals surface area contributed by atoms with Gasteiger partial charge in [-0.2, -0.15) is 0 Å². The predicted octanol–water partition coefficient (Wildman–Crippen LogP) is 0.134. The van der Waals surface area contributed by atoms with Gasteiger partial charge in [-0.15, -0.1) is 15.0 Å². The monoisotopic (exact) mass is 216 g/mol. The van der Waals surface area contributed by atoms with Crippen molar-refractivity contribution in [2.75, 3.05) is 13.1 Å². The molecular formula is C10H12N6. The number of nitrogens with zero attached hydrogens (tertiary/aromatic N) is 5. The molecule has 1 aliphatic rings. The van der Waals surface area contributed by atoms with Crippen molar-refractivity contribution in [3.05, 3.63) is 30.4 Å². The van der Waals surface area contributed by atoms with Crippen LogP contribution >= 0.6 is 0 Å². The van der Waals surface area contributed by atoms with Crippen molar-refractivity contribution in [2.24, 2.45) is 0 Å². The van der Waals surface area contributed by atoms with Crippen LogP contribution in [0.5, 0.6) is 0 Å². The summed E-state index contributed by atoms with van der Waals surface area (Å²) in [7, 11) is 0. The largest absolute Gasteiger partial charge is 0.316 e. The summed E-state index contributed by atoms with van der Waals surface area (Å²) in [5.41, 5.74) is 0.889. The number of rotatable bonds is 2. The number of nitrogens with one attached hydrogen (secondary N) is 1. The van der Waals surface area contributed by atoms with Gasteiger partial charge in [-0.3, -0.25) is 4.98 Å². The molecule has 1 fully saturated rings. The van der Waals surface area contributed by atoms with E-state index >= 15 is 0 Å². The van der Waals surface area contributed by atoms with Crippen molar-refractivity contribution >= 4 is 0 Å². The van der Waals surface area contributed by atoms with E-state index in [0.29, 0.717) is 5.92 Å². The van der Waals surface area contributed by atoms with Crippen molar-refractivity contribution < 1.29 is 0 Å². The molecule has 3 heterocycles. The first-order valence-corrected chi connectivity index (χ1v) is 5.34. The first kappa shape index (κ1) is 9.41. The quantitative estimate of drug-likeness (QED) is 0.773. The van der Waals surface area contributed by atoms with E-state index < -0.39 is 0 Å².